The number of methoxy groups -OCH3 is 2. The van der Waals surface area contributed by atoms with Crippen LogP contribution in [0.5, 0.6) is 23.0 Å². The zero-order chi connectivity index (χ0) is 60.0. The molecule has 11 heteroatoms. The minimum Gasteiger partial charge on any atom is -0.504 e. The Bertz CT molecular complexity index is 2520. The quantitative estimate of drug-likeness (QED) is 0.0327. The van der Waals surface area contributed by atoms with Gasteiger partial charge in [0.05, 0.1) is 20.5 Å². The van der Waals surface area contributed by atoms with E-state index in [1.165, 1.54) is 89.2 Å². The van der Waals surface area contributed by atoms with Gasteiger partial charge in [-0.05, 0) is 205 Å². The second-order valence-electron chi connectivity index (χ2n) is 22.4. The molecule has 1 unspecified atom stereocenters. The molecule has 1 heterocycles. The highest BCUT2D eigenvalue weighted by Crippen LogP contribution is 2.48. The second-order valence-corrected chi connectivity index (χ2v) is 22.4. The molecule has 0 spiro atoms. The maximum atomic E-state index is 11.3. The summed E-state index contributed by atoms with van der Waals surface area (Å²) in [5.74, 6) is -1.08. The first-order valence-corrected chi connectivity index (χ1v) is 29.4. The van der Waals surface area contributed by atoms with Crippen LogP contribution >= 0.6 is 0 Å². The lowest BCUT2D eigenvalue weighted by Gasteiger charge is -2.17. The first-order chi connectivity index (χ1) is 38.0. The number of rotatable bonds is 37. The van der Waals surface area contributed by atoms with Gasteiger partial charge < -0.3 is 40.4 Å². The Balaban J connectivity index is 0.00000159. The number of amides is 1. The number of allylic oxidation sites excluding steroid dienone is 20. The van der Waals surface area contributed by atoms with Gasteiger partial charge in [0.25, 0.3) is 0 Å². The number of imidazole rings is 1. The van der Waals surface area contributed by atoms with E-state index in [0.717, 1.165) is 102 Å². The predicted octanol–water partition coefficient (Wildman–Crippen LogP) is 17.4. The molecule has 0 aliphatic carbocycles. The largest absolute Gasteiger partial charge is 0.504 e. The maximum absolute atomic E-state index is 11.3. The smallest absolute Gasteiger partial charge is 0.326 e. The molecule has 1 aromatic heterocycles. The van der Waals surface area contributed by atoms with E-state index in [-0.39, 0.29) is 48.3 Å². The number of benzene rings is 1. The summed E-state index contributed by atoms with van der Waals surface area (Å²) in [6.07, 6.45) is 48.1. The third-order valence-corrected chi connectivity index (χ3v) is 14.5. The van der Waals surface area contributed by atoms with Crippen molar-refractivity contribution >= 4 is 11.9 Å². The third kappa shape index (κ3) is 32.3. The number of hydrogen-bond donors (Lipinski definition) is 5. The fourth-order valence-corrected chi connectivity index (χ4v) is 9.01. The Morgan fingerprint density at radius 2 is 0.875 bits per heavy atom. The minimum absolute atomic E-state index is 0.00634. The Hall–Kier alpha value is -6.07. The molecule has 446 valence electrons. The lowest BCUT2D eigenvalue weighted by molar-refractivity contribution is -0.141. The molecule has 0 saturated heterocycles. The average molecular weight is 1110 g/mol. The van der Waals surface area contributed by atoms with Crippen LogP contribution < -0.4 is 20.5 Å². The molecule has 6 N–H and O–H groups in total. The number of phenolic OH excluding ortho intramolecular Hbond substituents is 2. The molecule has 0 fully saturated rings. The molecule has 0 radical (unpaired) electrons. The molecule has 80 heavy (non-hydrogen) atoms. The van der Waals surface area contributed by atoms with E-state index in [9.17, 15) is 19.8 Å². The third-order valence-electron chi connectivity index (χ3n) is 14.5. The number of aromatic nitrogens is 2. The number of carbonyl (C=O) groups is 2. The summed E-state index contributed by atoms with van der Waals surface area (Å²) in [5, 5.41) is 32.7. The van der Waals surface area contributed by atoms with Crippen LogP contribution in [0, 0.1) is 6.92 Å². The van der Waals surface area contributed by atoms with Gasteiger partial charge >= 0.3 is 5.97 Å². The first-order valence-electron chi connectivity index (χ1n) is 29.4. The van der Waals surface area contributed by atoms with E-state index in [0.29, 0.717) is 17.5 Å². The number of aryl methyl sites for hydroxylation is 1. The summed E-state index contributed by atoms with van der Waals surface area (Å²) < 4.78 is 12.3. The Labute approximate surface area is 485 Å². The van der Waals surface area contributed by atoms with Crippen molar-refractivity contribution in [1.82, 2.24) is 14.9 Å². The molecule has 0 aliphatic heterocycles. The highest BCUT2D eigenvalue weighted by atomic mass is 16.5. The summed E-state index contributed by atoms with van der Waals surface area (Å²) in [4.78, 5) is 26.2. The predicted molar refractivity (Wildman–Crippen MR) is 338 cm³/mol. The van der Waals surface area contributed by atoms with Gasteiger partial charge in [-0.15, -0.1) is 0 Å². The number of nitrogens with zero attached hydrogens (tertiary/aromatic N) is 2. The van der Waals surface area contributed by atoms with Crippen molar-refractivity contribution in [3.63, 3.8) is 0 Å². The number of aliphatic carboxylic acids is 1. The van der Waals surface area contributed by atoms with Crippen LogP contribution in [-0.2, 0) is 29.5 Å². The lowest BCUT2D eigenvalue weighted by Crippen LogP contribution is -2.43. The number of carboxylic acid groups (broad SMARTS) is 1. The summed E-state index contributed by atoms with van der Waals surface area (Å²) >= 11 is 0. The van der Waals surface area contributed by atoms with E-state index in [4.69, 9.17) is 20.3 Å². The normalized spacial score (nSPS) is 13.7. The number of nitrogens with one attached hydrogen (secondary N) is 1. The van der Waals surface area contributed by atoms with Crippen LogP contribution in [0.15, 0.2) is 129 Å². The topological polar surface area (TPSA) is 169 Å². The molecule has 2 aromatic rings. The van der Waals surface area contributed by atoms with Crippen LogP contribution in [0.1, 0.15) is 215 Å². The maximum Gasteiger partial charge on any atom is 0.326 e. The number of aromatic hydroxyl groups is 2. The van der Waals surface area contributed by atoms with Crippen LogP contribution in [-0.4, -0.2) is 63.6 Å². The molecule has 1 atom stereocenters. The highest BCUT2D eigenvalue weighted by Gasteiger charge is 2.23. The Morgan fingerprint density at radius 3 is 1.16 bits per heavy atom. The van der Waals surface area contributed by atoms with Crippen molar-refractivity contribution in [3.05, 3.63) is 146 Å². The van der Waals surface area contributed by atoms with Crippen molar-refractivity contribution in [2.45, 2.75) is 224 Å². The number of nitrogens with two attached hydrogens (primary N) is 1. The van der Waals surface area contributed by atoms with Gasteiger partial charge in [-0.1, -0.05) is 116 Å². The molecule has 1 aromatic carbocycles. The number of ether oxygens (including phenoxy) is 2. The van der Waals surface area contributed by atoms with Crippen molar-refractivity contribution in [3.8, 4) is 23.0 Å². The van der Waals surface area contributed by atoms with Crippen LogP contribution in [0.3, 0.4) is 0 Å². The van der Waals surface area contributed by atoms with Gasteiger partial charge in [0.15, 0.2) is 11.5 Å². The van der Waals surface area contributed by atoms with Crippen LogP contribution in [0.4, 0.5) is 0 Å². The standard InChI is InChI=1S/C59H92O4.C10H16N4O3/c1-44(2)24-15-25-45(3)26-16-27-46(4)28-17-29-47(5)30-18-31-48(6)32-19-33-49(7)34-20-35-50(8)36-21-37-51(9)38-22-39-52(10)40-23-41-53(11)42-43-55-54(12)56(60)58(62-13)59(63-14)57(55)61;1-14-6-12-5-7(14)4-8(10(16)17)13-9(15)2-3-11/h24,26,28,30,32,34,36,38,40,42,60-61H,15-23,25,27,29,31,33,35,37,39,41,43H2,1-14H3;5-6,8H,2-4,11H2,1H3,(H,13,15)(H,16,17)/b45-26+,46-28+,47-30+,48-32+,49-34+,50-36+,51-38+,52-40+,53-42+;. The van der Waals surface area contributed by atoms with Gasteiger partial charge in [-0.25, -0.2) is 9.78 Å². The highest BCUT2D eigenvalue weighted by molar-refractivity contribution is 5.83. The average Bonchev–Trinajstić information content (AvgIpc) is 3.80. The van der Waals surface area contributed by atoms with Gasteiger partial charge in [-0.2, -0.15) is 0 Å². The Morgan fingerprint density at radius 1 is 0.550 bits per heavy atom. The van der Waals surface area contributed by atoms with Crippen molar-refractivity contribution in [2.24, 2.45) is 12.8 Å². The van der Waals surface area contributed by atoms with Crippen LogP contribution in [0.25, 0.3) is 0 Å². The second kappa shape index (κ2) is 41.9. The number of carbonyl (C=O) groups excluding carboxylic acids is 1. The molecular weight excluding hydrogens is 997 g/mol. The van der Waals surface area contributed by atoms with Gasteiger partial charge in [0.1, 0.15) is 6.04 Å². The van der Waals surface area contributed by atoms with Gasteiger partial charge in [0.2, 0.25) is 17.4 Å². The summed E-state index contributed by atoms with van der Waals surface area (Å²) in [5.41, 5.74) is 21.9. The Kier molecular flexibility index (Phi) is 37.7. The van der Waals surface area contributed by atoms with E-state index >= 15 is 0 Å². The molecule has 1 amide bonds. The van der Waals surface area contributed by atoms with Gasteiger partial charge in [0, 0.05) is 49.5 Å². The summed E-state index contributed by atoms with van der Waals surface area (Å²) in [6, 6.07) is -0.954. The number of phenols is 2. The lowest BCUT2D eigenvalue weighted by atomic mass is 9.99. The van der Waals surface area contributed by atoms with E-state index in [1.54, 1.807) is 31.1 Å². The summed E-state index contributed by atoms with van der Waals surface area (Å²) in [7, 11) is 4.68. The van der Waals surface area contributed by atoms with E-state index < -0.39 is 12.0 Å². The number of carboxylic acids is 1. The van der Waals surface area contributed by atoms with Gasteiger partial charge in [-0.3, -0.25) is 4.79 Å². The molecule has 0 saturated carbocycles. The van der Waals surface area contributed by atoms with E-state index in [1.807, 2.05) is 0 Å². The van der Waals surface area contributed by atoms with Crippen LogP contribution in [0.2, 0.25) is 0 Å². The van der Waals surface area contributed by atoms with Crippen molar-refractivity contribution in [2.75, 3.05) is 20.8 Å². The zero-order valence-electron chi connectivity index (χ0n) is 52.5. The molecule has 2 rings (SSSR count). The van der Waals surface area contributed by atoms with Crippen molar-refractivity contribution in [1.29, 1.82) is 0 Å². The van der Waals surface area contributed by atoms with E-state index in [2.05, 4.69) is 147 Å². The van der Waals surface area contributed by atoms with Crippen molar-refractivity contribution < 1.29 is 34.4 Å². The SMILES string of the molecule is COc1c(O)c(C)c(C/C=C(\C)CC/C=C(\C)CC/C=C(\C)CC/C=C(\C)CC/C=C(\C)CC/C=C(\C)CC/C=C(\C)CC/C=C(\C)CC/C=C(\C)CCC=C(C)C)c(O)c1OC.Cn1cncc1CC(NC(=O)CCN)C(=O)O. The molecular formula is C69H108N4O7. The number of hydrogen-bond acceptors (Lipinski definition) is 8. The minimum atomic E-state index is -1.07. The zero-order valence-corrected chi connectivity index (χ0v) is 52.5. The first kappa shape index (κ1) is 71.9. The fourth-order valence-electron chi connectivity index (χ4n) is 9.01. The molecule has 11 nitrogen and oxygen atoms in total. The summed E-state index contributed by atoms with van der Waals surface area (Å²) in [6.45, 7) is 26.7. The monoisotopic (exact) mass is 1100 g/mol. The molecule has 0 aliphatic rings. The fraction of sp³-hybridized carbons (Fsp3) is 0.551. The molecule has 0 bridgehead atoms.